The number of rotatable bonds is 6. The number of fused-ring (bicyclic) bond motifs is 1. The quantitative estimate of drug-likeness (QED) is 0.502. The summed E-state index contributed by atoms with van der Waals surface area (Å²) in [5, 5.41) is 0. The lowest BCUT2D eigenvalue weighted by atomic mass is 9.83. The number of benzene rings is 3. The predicted molar refractivity (Wildman–Crippen MR) is 131 cm³/mol. The molecule has 170 valence electrons. The Bertz CT molecular complexity index is 1120. The van der Waals surface area contributed by atoms with E-state index < -0.39 is 0 Å². The number of hydrogen-bond acceptors (Lipinski definition) is 5. The van der Waals surface area contributed by atoms with Crippen molar-refractivity contribution in [2.24, 2.45) is 5.92 Å². The number of hydrogen-bond donors (Lipinski definition) is 2. The topological polar surface area (TPSA) is 62.8 Å². The number of amides is 1. The molecule has 2 aliphatic heterocycles. The summed E-state index contributed by atoms with van der Waals surface area (Å²) in [7, 11) is 1.66. The average molecular weight is 508 g/mol. The SMILES string of the molecule is CCOc1ccc(C2NNC3C(=O)N(c4ccc(Br)cc4)C(c4ccc(OC)cc4)C32)cc1. The first kappa shape index (κ1) is 21.9. The van der Waals surface area contributed by atoms with Gasteiger partial charge in [-0.05, 0) is 66.6 Å². The minimum Gasteiger partial charge on any atom is -0.497 e. The zero-order valence-corrected chi connectivity index (χ0v) is 20.1. The van der Waals surface area contributed by atoms with E-state index in [1.807, 2.05) is 60.4 Å². The fourth-order valence-corrected chi connectivity index (χ4v) is 5.18. The Morgan fingerprint density at radius 3 is 2.09 bits per heavy atom. The lowest BCUT2D eigenvalue weighted by Crippen LogP contribution is -2.41. The normalized spacial score (nSPS) is 24.1. The standard InChI is InChI=1S/C26H26BrN3O3/c1-3-33-21-14-4-16(5-15-21)23-22-24(29-28-23)26(31)30(19-10-8-18(27)9-11-19)25(22)17-6-12-20(32-2)13-7-17/h4-15,22-25,28-29H,3H2,1-2H3. The van der Waals surface area contributed by atoms with Gasteiger partial charge in [0.15, 0.2) is 0 Å². The van der Waals surface area contributed by atoms with Gasteiger partial charge < -0.3 is 14.4 Å². The second-order valence-corrected chi connectivity index (χ2v) is 9.14. The summed E-state index contributed by atoms with van der Waals surface area (Å²) in [4.78, 5) is 15.6. The maximum absolute atomic E-state index is 13.7. The molecule has 2 fully saturated rings. The first-order chi connectivity index (χ1) is 16.1. The molecule has 0 aromatic heterocycles. The summed E-state index contributed by atoms with van der Waals surface area (Å²) < 4.78 is 12.0. The van der Waals surface area contributed by atoms with E-state index in [1.54, 1.807) is 7.11 Å². The van der Waals surface area contributed by atoms with Crippen LogP contribution in [0.3, 0.4) is 0 Å². The Morgan fingerprint density at radius 1 is 0.848 bits per heavy atom. The molecule has 1 amide bonds. The Hall–Kier alpha value is -2.87. The monoisotopic (exact) mass is 507 g/mol. The highest BCUT2D eigenvalue weighted by Crippen LogP contribution is 2.49. The van der Waals surface area contributed by atoms with Crippen molar-refractivity contribution >= 4 is 27.5 Å². The lowest BCUT2D eigenvalue weighted by molar-refractivity contribution is -0.119. The molecule has 0 bridgehead atoms. The van der Waals surface area contributed by atoms with Crippen LogP contribution < -0.4 is 25.2 Å². The van der Waals surface area contributed by atoms with Crippen LogP contribution in [0.2, 0.25) is 0 Å². The van der Waals surface area contributed by atoms with E-state index in [0.29, 0.717) is 6.61 Å². The van der Waals surface area contributed by atoms with Gasteiger partial charge in [-0.25, -0.2) is 10.9 Å². The van der Waals surface area contributed by atoms with Gasteiger partial charge in [-0.1, -0.05) is 40.2 Å². The summed E-state index contributed by atoms with van der Waals surface area (Å²) in [6, 6.07) is 23.5. The van der Waals surface area contributed by atoms with Gasteiger partial charge >= 0.3 is 0 Å². The zero-order valence-electron chi connectivity index (χ0n) is 18.5. The van der Waals surface area contributed by atoms with Crippen LogP contribution in [0.25, 0.3) is 0 Å². The third-order valence-corrected chi connectivity index (χ3v) is 6.95. The number of methoxy groups -OCH3 is 1. The smallest absolute Gasteiger partial charge is 0.246 e. The molecule has 0 radical (unpaired) electrons. The molecule has 0 saturated carbocycles. The maximum Gasteiger partial charge on any atom is 0.246 e. The Balaban J connectivity index is 1.56. The van der Waals surface area contributed by atoms with Crippen LogP contribution in [0.15, 0.2) is 77.3 Å². The first-order valence-electron chi connectivity index (χ1n) is 11.1. The molecule has 0 spiro atoms. The number of halogens is 1. The highest BCUT2D eigenvalue weighted by molar-refractivity contribution is 9.10. The van der Waals surface area contributed by atoms with Crippen molar-refractivity contribution in [1.82, 2.24) is 10.9 Å². The third kappa shape index (κ3) is 4.01. The highest BCUT2D eigenvalue weighted by Gasteiger charge is 2.55. The van der Waals surface area contributed by atoms with E-state index >= 15 is 0 Å². The zero-order chi connectivity index (χ0) is 22.9. The third-order valence-electron chi connectivity index (χ3n) is 6.42. The average Bonchev–Trinajstić information content (AvgIpc) is 3.39. The molecule has 0 aliphatic carbocycles. The van der Waals surface area contributed by atoms with Crippen molar-refractivity contribution in [2.45, 2.75) is 25.0 Å². The molecule has 4 atom stereocenters. The molecular weight excluding hydrogens is 482 g/mol. The van der Waals surface area contributed by atoms with Crippen LogP contribution in [-0.2, 0) is 4.79 Å². The van der Waals surface area contributed by atoms with Crippen LogP contribution in [0.5, 0.6) is 11.5 Å². The minimum atomic E-state index is -0.336. The van der Waals surface area contributed by atoms with Gasteiger partial charge in [0.2, 0.25) is 5.91 Å². The molecule has 2 N–H and O–H groups in total. The van der Waals surface area contributed by atoms with Gasteiger partial charge in [0, 0.05) is 16.1 Å². The fraction of sp³-hybridized carbons (Fsp3) is 0.269. The number of anilines is 1. The molecular formula is C26H26BrN3O3. The summed E-state index contributed by atoms with van der Waals surface area (Å²) in [5.41, 5.74) is 9.74. The van der Waals surface area contributed by atoms with Crippen molar-refractivity contribution in [2.75, 3.05) is 18.6 Å². The van der Waals surface area contributed by atoms with Crippen LogP contribution >= 0.6 is 15.9 Å². The summed E-state index contributed by atoms with van der Waals surface area (Å²) in [6.07, 6.45) is 0. The Morgan fingerprint density at radius 2 is 1.45 bits per heavy atom. The minimum absolute atomic E-state index is 0.00696. The number of carbonyl (C=O) groups is 1. The molecule has 33 heavy (non-hydrogen) atoms. The predicted octanol–water partition coefficient (Wildman–Crippen LogP) is 4.78. The lowest BCUT2D eigenvalue weighted by Gasteiger charge is -2.31. The van der Waals surface area contributed by atoms with Crippen LogP contribution in [0.4, 0.5) is 5.69 Å². The Labute approximate surface area is 202 Å². The van der Waals surface area contributed by atoms with E-state index in [1.165, 1.54) is 0 Å². The molecule has 5 rings (SSSR count). The molecule has 2 saturated heterocycles. The second-order valence-electron chi connectivity index (χ2n) is 8.23. The van der Waals surface area contributed by atoms with E-state index in [0.717, 1.165) is 32.8 Å². The molecule has 4 unspecified atom stereocenters. The maximum atomic E-state index is 13.7. The summed E-state index contributed by atoms with van der Waals surface area (Å²) in [5.74, 6) is 1.69. The Kier molecular flexibility index (Phi) is 6.10. The molecule has 6 nitrogen and oxygen atoms in total. The summed E-state index contributed by atoms with van der Waals surface area (Å²) in [6.45, 7) is 2.60. The van der Waals surface area contributed by atoms with E-state index in [2.05, 4.69) is 51.0 Å². The molecule has 7 heteroatoms. The second kappa shape index (κ2) is 9.17. The molecule has 3 aromatic rings. The molecule has 3 aromatic carbocycles. The van der Waals surface area contributed by atoms with Crippen LogP contribution in [0, 0.1) is 5.92 Å². The van der Waals surface area contributed by atoms with Gasteiger partial charge in [-0.15, -0.1) is 0 Å². The van der Waals surface area contributed by atoms with Gasteiger partial charge in [-0.3, -0.25) is 4.79 Å². The largest absolute Gasteiger partial charge is 0.497 e. The van der Waals surface area contributed by atoms with Gasteiger partial charge in [-0.2, -0.15) is 0 Å². The van der Waals surface area contributed by atoms with Gasteiger partial charge in [0.25, 0.3) is 0 Å². The van der Waals surface area contributed by atoms with E-state index in [4.69, 9.17) is 9.47 Å². The number of carbonyl (C=O) groups excluding carboxylic acids is 1. The first-order valence-corrected chi connectivity index (χ1v) is 11.9. The molecule has 2 heterocycles. The van der Waals surface area contributed by atoms with E-state index in [9.17, 15) is 4.79 Å². The van der Waals surface area contributed by atoms with Gasteiger partial charge in [0.05, 0.1) is 25.8 Å². The van der Waals surface area contributed by atoms with Crippen molar-refractivity contribution in [3.8, 4) is 11.5 Å². The molecule has 2 aliphatic rings. The van der Waals surface area contributed by atoms with E-state index in [-0.39, 0.29) is 30.0 Å². The van der Waals surface area contributed by atoms with Crippen LogP contribution in [0.1, 0.15) is 30.1 Å². The van der Waals surface area contributed by atoms with Crippen molar-refractivity contribution in [1.29, 1.82) is 0 Å². The number of hydrazine groups is 1. The number of ether oxygens (including phenoxy) is 2. The highest BCUT2D eigenvalue weighted by atomic mass is 79.9. The van der Waals surface area contributed by atoms with Crippen molar-refractivity contribution in [3.63, 3.8) is 0 Å². The van der Waals surface area contributed by atoms with Crippen molar-refractivity contribution in [3.05, 3.63) is 88.4 Å². The van der Waals surface area contributed by atoms with Gasteiger partial charge in [0.1, 0.15) is 17.5 Å². The van der Waals surface area contributed by atoms with Crippen LogP contribution in [-0.4, -0.2) is 25.7 Å². The van der Waals surface area contributed by atoms with Crippen molar-refractivity contribution < 1.29 is 14.3 Å². The summed E-state index contributed by atoms with van der Waals surface area (Å²) >= 11 is 3.50. The number of nitrogens with one attached hydrogen (secondary N) is 2. The fourth-order valence-electron chi connectivity index (χ4n) is 4.92. The number of nitrogens with zero attached hydrogens (tertiary/aromatic N) is 1.